The highest BCUT2D eigenvalue weighted by Crippen LogP contribution is 2.28. The van der Waals surface area contributed by atoms with Crippen molar-refractivity contribution >= 4 is 0 Å². The third kappa shape index (κ3) is 5.28. The summed E-state index contributed by atoms with van der Waals surface area (Å²) in [5, 5.41) is 0. The van der Waals surface area contributed by atoms with E-state index in [9.17, 15) is 0 Å². The van der Waals surface area contributed by atoms with E-state index in [0.717, 1.165) is 12.8 Å². The summed E-state index contributed by atoms with van der Waals surface area (Å²) in [5.74, 6) is 0. The Morgan fingerprint density at radius 1 is 0.923 bits per heavy atom. The molecule has 0 amide bonds. The number of ether oxygens (including phenoxy) is 3. The van der Waals surface area contributed by atoms with Crippen LogP contribution in [0, 0.1) is 0 Å². The van der Waals surface area contributed by atoms with E-state index >= 15 is 0 Å². The lowest BCUT2D eigenvalue weighted by Gasteiger charge is -2.40. The van der Waals surface area contributed by atoms with Gasteiger partial charge in [-0.2, -0.15) is 0 Å². The highest BCUT2D eigenvalue weighted by molar-refractivity contribution is 5.14. The average molecular weight is 352 g/mol. The zero-order chi connectivity index (χ0) is 18.2. The summed E-state index contributed by atoms with van der Waals surface area (Å²) in [6.07, 6.45) is 3.63. The number of hydrogen-bond donors (Lipinski definition) is 0. The van der Waals surface area contributed by atoms with Crippen molar-refractivity contribution in [3.05, 3.63) is 84.4 Å². The van der Waals surface area contributed by atoms with Crippen molar-refractivity contribution in [1.82, 2.24) is 0 Å². The molecule has 26 heavy (non-hydrogen) atoms. The molecule has 3 rings (SSSR count). The second kappa shape index (κ2) is 9.67. The Bertz CT molecular complexity index is 656. The Labute approximate surface area is 156 Å². The van der Waals surface area contributed by atoms with Crippen LogP contribution in [0.2, 0.25) is 0 Å². The Hall–Kier alpha value is -1.94. The zero-order valence-electron chi connectivity index (χ0n) is 15.4. The van der Waals surface area contributed by atoms with Gasteiger partial charge in [-0.25, -0.2) is 0 Å². The first kappa shape index (κ1) is 18.8. The molecule has 1 aliphatic rings. The second-order valence-electron chi connectivity index (χ2n) is 6.81. The van der Waals surface area contributed by atoms with Crippen LogP contribution in [0.1, 0.15) is 30.9 Å². The molecule has 1 fully saturated rings. The first-order chi connectivity index (χ1) is 12.8. The van der Waals surface area contributed by atoms with E-state index in [2.05, 4.69) is 37.8 Å². The molecule has 138 valence electrons. The molecule has 2 aromatic carbocycles. The van der Waals surface area contributed by atoms with E-state index < -0.39 is 0 Å². The molecule has 0 unspecified atom stereocenters. The van der Waals surface area contributed by atoms with Gasteiger partial charge < -0.3 is 14.2 Å². The van der Waals surface area contributed by atoms with Crippen molar-refractivity contribution < 1.29 is 14.2 Å². The molecule has 0 bridgehead atoms. The molecule has 1 aliphatic heterocycles. The quantitative estimate of drug-likeness (QED) is 0.632. The van der Waals surface area contributed by atoms with E-state index in [1.807, 2.05) is 42.5 Å². The monoisotopic (exact) mass is 352 g/mol. The van der Waals surface area contributed by atoms with Crippen LogP contribution >= 0.6 is 0 Å². The van der Waals surface area contributed by atoms with E-state index in [-0.39, 0.29) is 24.4 Å². The Balaban J connectivity index is 1.59. The topological polar surface area (TPSA) is 27.7 Å². The maximum Gasteiger partial charge on any atom is 0.0876 e. The smallest absolute Gasteiger partial charge is 0.0876 e. The van der Waals surface area contributed by atoms with E-state index in [4.69, 9.17) is 14.2 Å². The Morgan fingerprint density at radius 2 is 1.46 bits per heavy atom. The third-order valence-corrected chi connectivity index (χ3v) is 4.81. The van der Waals surface area contributed by atoms with Crippen LogP contribution in [0.25, 0.3) is 0 Å². The van der Waals surface area contributed by atoms with Crippen molar-refractivity contribution in [2.75, 3.05) is 0 Å². The molecule has 2 aromatic rings. The fourth-order valence-corrected chi connectivity index (χ4v) is 3.33. The lowest BCUT2D eigenvalue weighted by molar-refractivity contribution is -0.195. The van der Waals surface area contributed by atoms with Gasteiger partial charge in [-0.05, 0) is 24.5 Å². The predicted molar refractivity (Wildman–Crippen MR) is 104 cm³/mol. The van der Waals surface area contributed by atoms with Crippen LogP contribution in [0.15, 0.2) is 73.3 Å². The van der Waals surface area contributed by atoms with Gasteiger partial charge in [0.05, 0.1) is 37.6 Å². The summed E-state index contributed by atoms with van der Waals surface area (Å²) < 4.78 is 18.6. The summed E-state index contributed by atoms with van der Waals surface area (Å²) in [5.41, 5.74) is 2.35. The molecule has 0 saturated carbocycles. The Kier molecular flexibility index (Phi) is 7.01. The molecular formula is C23H28O3. The predicted octanol–water partition coefficient (Wildman–Crippen LogP) is 4.91. The maximum atomic E-state index is 6.21. The minimum absolute atomic E-state index is 0.00480. The van der Waals surface area contributed by atoms with Crippen LogP contribution < -0.4 is 0 Å². The van der Waals surface area contributed by atoms with Crippen LogP contribution in [0.4, 0.5) is 0 Å². The van der Waals surface area contributed by atoms with Gasteiger partial charge in [0, 0.05) is 6.42 Å². The van der Waals surface area contributed by atoms with Gasteiger partial charge >= 0.3 is 0 Å². The molecule has 3 heteroatoms. The lowest BCUT2D eigenvalue weighted by atomic mass is 9.96. The van der Waals surface area contributed by atoms with Crippen LogP contribution in [-0.4, -0.2) is 24.4 Å². The summed E-state index contributed by atoms with van der Waals surface area (Å²) >= 11 is 0. The Morgan fingerprint density at radius 3 is 2.00 bits per heavy atom. The highest BCUT2D eigenvalue weighted by atomic mass is 16.6. The first-order valence-electron chi connectivity index (χ1n) is 9.33. The van der Waals surface area contributed by atoms with Crippen molar-refractivity contribution in [1.29, 1.82) is 0 Å². The van der Waals surface area contributed by atoms with Crippen molar-refractivity contribution in [3.8, 4) is 0 Å². The average Bonchev–Trinajstić information content (AvgIpc) is 2.68. The van der Waals surface area contributed by atoms with Gasteiger partial charge in [0.1, 0.15) is 0 Å². The van der Waals surface area contributed by atoms with Gasteiger partial charge in [0.15, 0.2) is 0 Å². The number of rotatable bonds is 8. The SMILES string of the molecule is C=CC[C@H]1O[C@H](C)[C@@H](OCc2ccccc2)C[C@H]1OCc1ccccc1. The van der Waals surface area contributed by atoms with Crippen LogP contribution in [0.5, 0.6) is 0 Å². The summed E-state index contributed by atoms with van der Waals surface area (Å²) in [6, 6.07) is 20.5. The maximum absolute atomic E-state index is 6.21. The molecule has 0 radical (unpaired) electrons. The van der Waals surface area contributed by atoms with Gasteiger partial charge in [0.2, 0.25) is 0 Å². The largest absolute Gasteiger partial charge is 0.371 e. The standard InChI is InChI=1S/C23H28O3/c1-3-10-21-23(25-17-20-13-8-5-9-14-20)15-22(18(2)26-21)24-16-19-11-6-4-7-12-19/h3-9,11-14,18,21-23H,1,10,15-17H2,2H3/t18-,21-,22+,23-/m1/s1. The third-order valence-electron chi connectivity index (χ3n) is 4.81. The first-order valence-corrected chi connectivity index (χ1v) is 9.33. The highest BCUT2D eigenvalue weighted by Gasteiger charge is 2.36. The fraction of sp³-hybridized carbons (Fsp3) is 0.391. The zero-order valence-corrected chi connectivity index (χ0v) is 15.4. The minimum atomic E-state index is 0.00480. The van der Waals surface area contributed by atoms with Gasteiger partial charge in [-0.3, -0.25) is 0 Å². The lowest BCUT2D eigenvalue weighted by Crippen LogP contribution is -2.47. The molecule has 1 saturated heterocycles. The van der Waals surface area contributed by atoms with Gasteiger partial charge in [-0.15, -0.1) is 6.58 Å². The van der Waals surface area contributed by atoms with E-state index in [1.165, 1.54) is 11.1 Å². The van der Waals surface area contributed by atoms with E-state index in [1.54, 1.807) is 0 Å². The van der Waals surface area contributed by atoms with Gasteiger partial charge in [-0.1, -0.05) is 66.7 Å². The molecule has 0 N–H and O–H groups in total. The van der Waals surface area contributed by atoms with Crippen molar-refractivity contribution in [3.63, 3.8) is 0 Å². The van der Waals surface area contributed by atoms with Gasteiger partial charge in [0.25, 0.3) is 0 Å². The minimum Gasteiger partial charge on any atom is -0.371 e. The molecule has 1 heterocycles. The second-order valence-corrected chi connectivity index (χ2v) is 6.81. The van der Waals surface area contributed by atoms with E-state index in [0.29, 0.717) is 13.2 Å². The molecule has 0 spiro atoms. The molecule has 0 aromatic heterocycles. The van der Waals surface area contributed by atoms with Crippen LogP contribution in [0.3, 0.4) is 0 Å². The summed E-state index contributed by atoms with van der Waals surface area (Å²) in [7, 11) is 0. The van der Waals surface area contributed by atoms with Crippen molar-refractivity contribution in [2.24, 2.45) is 0 Å². The molecular weight excluding hydrogens is 324 g/mol. The normalized spacial score (nSPS) is 25.7. The molecule has 4 atom stereocenters. The fourth-order valence-electron chi connectivity index (χ4n) is 3.33. The van der Waals surface area contributed by atoms with Crippen LogP contribution in [-0.2, 0) is 27.4 Å². The summed E-state index contributed by atoms with van der Waals surface area (Å²) in [6.45, 7) is 7.12. The number of benzene rings is 2. The summed E-state index contributed by atoms with van der Waals surface area (Å²) in [4.78, 5) is 0. The number of hydrogen-bond acceptors (Lipinski definition) is 3. The van der Waals surface area contributed by atoms with Crippen molar-refractivity contribution in [2.45, 2.75) is 57.4 Å². The molecule has 0 aliphatic carbocycles. The molecule has 3 nitrogen and oxygen atoms in total.